The minimum absolute atomic E-state index is 0.0615. The van der Waals surface area contributed by atoms with Crippen molar-refractivity contribution in [1.82, 2.24) is 40.2 Å². The van der Waals surface area contributed by atoms with Gasteiger partial charge in [0.1, 0.15) is 17.8 Å². The normalized spacial score (nSPS) is 18.4. The number of aromatic nitrogens is 4. The average Bonchev–Trinajstić information content (AvgIpc) is 4.08. The van der Waals surface area contributed by atoms with Crippen LogP contribution >= 0.6 is 11.3 Å². The fourth-order valence-corrected chi connectivity index (χ4v) is 10.3. The summed E-state index contributed by atoms with van der Waals surface area (Å²) in [5, 5.41) is 13.9. The summed E-state index contributed by atoms with van der Waals surface area (Å²) in [6.45, 7) is 13.1. The highest BCUT2D eigenvalue weighted by Crippen LogP contribution is 2.36. The number of aryl methyl sites for hydroxylation is 1. The van der Waals surface area contributed by atoms with Crippen molar-refractivity contribution in [3.05, 3.63) is 113 Å². The number of piperidine rings is 1. The van der Waals surface area contributed by atoms with Gasteiger partial charge in [-0.15, -0.1) is 11.3 Å². The van der Waals surface area contributed by atoms with Crippen molar-refractivity contribution in [2.75, 3.05) is 50.0 Å². The Hall–Kier alpha value is -6.09. The number of thiazole rings is 1. The number of hydrogen-bond acceptors (Lipinski definition) is 10. The van der Waals surface area contributed by atoms with Crippen LogP contribution in [0.4, 0.5) is 11.4 Å². The molecule has 3 N–H and O–H groups in total. The number of hydrogen-bond donors (Lipinski definition) is 3. The molecule has 3 aliphatic rings. The maximum atomic E-state index is 14.2. The van der Waals surface area contributed by atoms with E-state index in [1.807, 2.05) is 106 Å². The molecule has 14 nitrogen and oxygen atoms in total. The van der Waals surface area contributed by atoms with E-state index in [2.05, 4.69) is 60.2 Å². The van der Waals surface area contributed by atoms with Crippen LogP contribution in [0, 0.1) is 24.2 Å². The van der Waals surface area contributed by atoms with Gasteiger partial charge in [0.15, 0.2) is 0 Å². The molecule has 3 fully saturated rings. The van der Waals surface area contributed by atoms with Gasteiger partial charge in [0, 0.05) is 58.3 Å². The summed E-state index contributed by atoms with van der Waals surface area (Å²) in [6.07, 6.45) is 9.15. The van der Waals surface area contributed by atoms with Gasteiger partial charge in [-0.2, -0.15) is 5.10 Å². The molecule has 8 rings (SSSR count). The third-order valence-corrected chi connectivity index (χ3v) is 14.4. The Labute approximate surface area is 386 Å². The van der Waals surface area contributed by atoms with Crippen LogP contribution in [-0.2, 0) is 14.4 Å². The molecule has 65 heavy (non-hydrogen) atoms. The number of carbonyl (C=O) groups is 4. The van der Waals surface area contributed by atoms with Gasteiger partial charge in [-0.3, -0.25) is 23.9 Å². The topological polar surface area (TPSA) is 158 Å². The summed E-state index contributed by atoms with van der Waals surface area (Å²) >= 11 is 1.60. The van der Waals surface area contributed by atoms with Crippen molar-refractivity contribution in [2.45, 2.75) is 90.9 Å². The minimum atomic E-state index is -0.873. The third-order valence-electron chi connectivity index (χ3n) is 13.5. The highest BCUT2D eigenvalue weighted by atomic mass is 32.1. The SMILES string of the molecule is CNc1cnn(C(c2ccccc2)C2CN(C(=O)CC3CCN(c4ccc(C(=O)NC(C(=O)N5CCCC5C(=O)NC(C)c5ccc(-c6scnc6C)cc5)C(C)(C)C)nc4)CC3)C2)c1. The van der Waals surface area contributed by atoms with Gasteiger partial charge < -0.3 is 30.7 Å². The van der Waals surface area contributed by atoms with Crippen molar-refractivity contribution < 1.29 is 19.2 Å². The number of nitrogens with one attached hydrogen (secondary N) is 3. The van der Waals surface area contributed by atoms with E-state index in [4.69, 9.17) is 0 Å². The molecule has 4 unspecified atom stereocenters. The Bertz CT molecular complexity index is 2430. The largest absolute Gasteiger partial charge is 0.386 e. The molecule has 3 aromatic heterocycles. The molecule has 4 amide bonds. The van der Waals surface area contributed by atoms with Crippen LogP contribution in [0.1, 0.15) is 99.2 Å². The first-order chi connectivity index (χ1) is 31.3. The van der Waals surface area contributed by atoms with E-state index in [0.29, 0.717) is 44.8 Å². The highest BCUT2D eigenvalue weighted by molar-refractivity contribution is 7.13. The van der Waals surface area contributed by atoms with Crippen LogP contribution in [0.2, 0.25) is 0 Å². The quantitative estimate of drug-likeness (QED) is 0.106. The number of carbonyl (C=O) groups excluding carboxylic acids is 4. The van der Waals surface area contributed by atoms with Crippen molar-refractivity contribution in [2.24, 2.45) is 17.3 Å². The molecule has 0 spiro atoms. The molecular formula is C50H62N10O4S. The third kappa shape index (κ3) is 10.2. The number of likely N-dealkylation sites (tertiary alicyclic amines) is 2. The van der Waals surface area contributed by atoms with Crippen LogP contribution in [0.3, 0.4) is 0 Å². The summed E-state index contributed by atoms with van der Waals surface area (Å²) in [4.78, 5) is 71.0. The molecule has 0 aliphatic carbocycles. The molecule has 0 saturated carbocycles. The highest BCUT2D eigenvalue weighted by Gasteiger charge is 2.43. The van der Waals surface area contributed by atoms with Crippen LogP contribution in [0.25, 0.3) is 10.4 Å². The van der Waals surface area contributed by atoms with Gasteiger partial charge in [-0.1, -0.05) is 75.4 Å². The van der Waals surface area contributed by atoms with Gasteiger partial charge >= 0.3 is 0 Å². The standard InChI is InChI=1S/C50H62N10O4S/c1-32(35-14-16-37(17-15-35)45-33(2)53-31-65-45)55-48(63)42-13-10-22-59(42)49(64)46(50(3,4)5)56-47(62)41-19-18-40(27-52-41)57-23-20-34(21-24-57)25-43(61)58-28-38(29-58)44(36-11-8-7-9-12-36)60-30-39(51-6)26-54-60/h7-9,11-12,14-19,26-27,30-32,34,38,42,44,46,51H,10,13,20-25,28-29H2,1-6H3,(H,55,63)(H,56,62). The van der Waals surface area contributed by atoms with Crippen molar-refractivity contribution in [1.29, 1.82) is 0 Å². The molecular weight excluding hydrogens is 837 g/mol. The van der Waals surface area contributed by atoms with Crippen LogP contribution < -0.4 is 20.9 Å². The lowest BCUT2D eigenvalue weighted by Crippen LogP contribution is -2.57. The number of anilines is 2. The van der Waals surface area contributed by atoms with Gasteiger partial charge in [-0.25, -0.2) is 9.97 Å². The minimum Gasteiger partial charge on any atom is -0.386 e. The first-order valence-corrected chi connectivity index (χ1v) is 23.8. The zero-order valence-corrected chi connectivity index (χ0v) is 39.2. The number of pyridine rings is 1. The summed E-state index contributed by atoms with van der Waals surface area (Å²) in [5.74, 6) is -0.122. The molecule has 342 valence electrons. The Morgan fingerprint density at radius 3 is 2.23 bits per heavy atom. The Morgan fingerprint density at radius 2 is 1.60 bits per heavy atom. The van der Waals surface area contributed by atoms with E-state index in [1.165, 1.54) is 5.56 Å². The van der Waals surface area contributed by atoms with Gasteiger partial charge in [0.05, 0.1) is 51.9 Å². The molecule has 0 radical (unpaired) electrons. The van der Waals surface area contributed by atoms with Crippen molar-refractivity contribution >= 4 is 46.3 Å². The van der Waals surface area contributed by atoms with E-state index in [-0.39, 0.29) is 41.4 Å². The van der Waals surface area contributed by atoms with Crippen LogP contribution in [0.5, 0.6) is 0 Å². The molecule has 0 bridgehead atoms. The molecule has 2 aromatic carbocycles. The van der Waals surface area contributed by atoms with E-state index in [1.54, 1.807) is 28.5 Å². The van der Waals surface area contributed by atoms with Gasteiger partial charge in [0.2, 0.25) is 17.7 Å². The van der Waals surface area contributed by atoms with Crippen LogP contribution in [0.15, 0.2) is 90.8 Å². The zero-order chi connectivity index (χ0) is 45.8. The Kier molecular flexibility index (Phi) is 13.7. The predicted molar refractivity (Wildman–Crippen MR) is 255 cm³/mol. The number of benzene rings is 2. The zero-order valence-electron chi connectivity index (χ0n) is 38.4. The fraction of sp³-hybridized carbons (Fsp3) is 0.460. The second kappa shape index (κ2) is 19.6. The summed E-state index contributed by atoms with van der Waals surface area (Å²) in [5.41, 5.74) is 7.54. The second-order valence-corrected chi connectivity index (χ2v) is 19.8. The Balaban J connectivity index is 0.811. The fourth-order valence-electron chi connectivity index (χ4n) is 9.52. The second-order valence-electron chi connectivity index (χ2n) is 19.0. The van der Waals surface area contributed by atoms with E-state index in [9.17, 15) is 19.2 Å². The van der Waals surface area contributed by atoms with Crippen molar-refractivity contribution in [3.63, 3.8) is 0 Å². The van der Waals surface area contributed by atoms with E-state index < -0.39 is 23.4 Å². The first-order valence-electron chi connectivity index (χ1n) is 22.9. The molecule has 4 atom stereocenters. The monoisotopic (exact) mass is 898 g/mol. The van der Waals surface area contributed by atoms with Gasteiger partial charge in [0.25, 0.3) is 5.91 Å². The maximum absolute atomic E-state index is 14.2. The number of nitrogens with zero attached hydrogens (tertiary/aromatic N) is 7. The first kappa shape index (κ1) is 45.5. The lowest BCUT2D eigenvalue weighted by atomic mass is 9.85. The van der Waals surface area contributed by atoms with E-state index >= 15 is 0 Å². The summed E-state index contributed by atoms with van der Waals surface area (Å²) in [6, 6.07) is 20.4. The maximum Gasteiger partial charge on any atom is 0.270 e. The lowest BCUT2D eigenvalue weighted by Gasteiger charge is -2.44. The summed E-state index contributed by atoms with van der Waals surface area (Å²) < 4.78 is 2.02. The molecule has 3 saturated heterocycles. The Morgan fingerprint density at radius 1 is 0.862 bits per heavy atom. The average molecular weight is 899 g/mol. The molecule has 3 aliphatic heterocycles. The summed E-state index contributed by atoms with van der Waals surface area (Å²) in [7, 11) is 1.89. The van der Waals surface area contributed by atoms with Gasteiger partial charge in [-0.05, 0) is 79.7 Å². The smallest absolute Gasteiger partial charge is 0.270 e. The van der Waals surface area contributed by atoms with Crippen LogP contribution in [-0.4, -0.2) is 105 Å². The molecule has 6 heterocycles. The van der Waals surface area contributed by atoms with Crippen molar-refractivity contribution in [3.8, 4) is 10.4 Å². The van der Waals surface area contributed by atoms with E-state index in [0.717, 1.165) is 59.0 Å². The molecule has 5 aromatic rings. The number of rotatable bonds is 14. The lowest BCUT2D eigenvalue weighted by molar-refractivity contribution is -0.142. The predicted octanol–water partition coefficient (Wildman–Crippen LogP) is 7.12. The molecule has 15 heteroatoms. The number of amides is 4.